The normalized spacial score (nSPS) is 9.73. The van der Waals surface area contributed by atoms with Gasteiger partial charge < -0.3 is 0 Å². The van der Waals surface area contributed by atoms with Crippen molar-refractivity contribution in [1.82, 2.24) is 9.97 Å². The van der Waals surface area contributed by atoms with Crippen molar-refractivity contribution in [3.63, 3.8) is 0 Å². The van der Waals surface area contributed by atoms with Gasteiger partial charge in [0.15, 0.2) is 22.6 Å². The van der Waals surface area contributed by atoms with Crippen LogP contribution in [0.1, 0.15) is 41.9 Å². The van der Waals surface area contributed by atoms with E-state index < -0.39 is 0 Å². The monoisotopic (exact) mass is 424 g/mol. The highest BCUT2D eigenvalue weighted by Gasteiger charge is 2.16. The predicted octanol–water partition coefficient (Wildman–Crippen LogP) is 4.69. The number of carbonyl (C=O) groups excluding carboxylic acids is 2. The highest BCUT2D eigenvalue weighted by molar-refractivity contribution is 7.23. The van der Waals surface area contributed by atoms with E-state index in [0.29, 0.717) is 31.2 Å². The molecule has 2 heterocycles. The lowest BCUT2D eigenvalue weighted by molar-refractivity contribution is 0.111. The first-order chi connectivity index (χ1) is 14.8. The number of carbonyl (C=O) groups is 2. The molecule has 30 heavy (non-hydrogen) atoms. The van der Waals surface area contributed by atoms with Gasteiger partial charge in [-0.15, -0.1) is 22.7 Å². The Hall–Kier alpha value is -3.84. The second-order valence-electron chi connectivity index (χ2n) is 5.93. The summed E-state index contributed by atoms with van der Waals surface area (Å²) in [7, 11) is 0. The fraction of sp³-hybridized carbons (Fsp3) is 0. The minimum atomic E-state index is 0.397. The van der Waals surface area contributed by atoms with Crippen molar-refractivity contribution in [3.8, 4) is 33.7 Å². The van der Waals surface area contributed by atoms with Gasteiger partial charge in [0.2, 0.25) is 0 Å². The molecule has 0 amide bonds. The van der Waals surface area contributed by atoms with E-state index in [1.165, 1.54) is 22.7 Å². The van der Waals surface area contributed by atoms with Gasteiger partial charge in [0.05, 0.1) is 0 Å². The van der Waals surface area contributed by atoms with E-state index in [-0.39, 0.29) is 0 Å². The van der Waals surface area contributed by atoms with Crippen molar-refractivity contribution in [2.24, 2.45) is 0 Å². The molecule has 142 valence electrons. The summed E-state index contributed by atoms with van der Waals surface area (Å²) < 4.78 is 0. The predicted molar refractivity (Wildman–Crippen MR) is 119 cm³/mol. The molecule has 0 aliphatic rings. The molecule has 0 saturated carbocycles. The number of rotatable bonds is 3. The second kappa shape index (κ2) is 9.11. The lowest BCUT2D eigenvalue weighted by Gasteiger charge is -1.87. The third-order valence-electron chi connectivity index (χ3n) is 3.90. The lowest BCUT2D eigenvalue weighted by Crippen LogP contribution is -1.83. The minimum absolute atomic E-state index is 0.397. The molecule has 0 unspecified atom stereocenters. The maximum Gasteiger partial charge on any atom is 0.162 e. The fourth-order valence-corrected chi connectivity index (χ4v) is 4.18. The second-order valence-corrected chi connectivity index (χ2v) is 7.99. The summed E-state index contributed by atoms with van der Waals surface area (Å²) >= 11 is 2.39. The van der Waals surface area contributed by atoms with E-state index in [4.69, 9.17) is 0 Å². The van der Waals surface area contributed by atoms with E-state index in [0.717, 1.165) is 23.7 Å². The zero-order chi connectivity index (χ0) is 20.8. The first kappa shape index (κ1) is 19.5. The van der Waals surface area contributed by atoms with E-state index in [1.54, 1.807) is 0 Å². The molecule has 4 nitrogen and oxygen atoms in total. The number of nitrogens with zero attached hydrogens (tertiary/aromatic N) is 2. The summed E-state index contributed by atoms with van der Waals surface area (Å²) in [5, 5.41) is 1.07. The van der Waals surface area contributed by atoms with Crippen molar-refractivity contribution in [2.45, 2.75) is 0 Å². The van der Waals surface area contributed by atoms with E-state index in [9.17, 15) is 9.59 Å². The topological polar surface area (TPSA) is 59.9 Å². The Morgan fingerprint density at radius 2 is 1.00 bits per heavy atom. The maximum atomic E-state index is 11.5. The van der Waals surface area contributed by atoms with Crippen molar-refractivity contribution < 1.29 is 9.59 Å². The molecular weight excluding hydrogens is 412 g/mol. The average molecular weight is 425 g/mol. The Balaban J connectivity index is 1.68. The molecule has 0 saturated heterocycles. The van der Waals surface area contributed by atoms with Crippen LogP contribution in [0.15, 0.2) is 60.7 Å². The van der Waals surface area contributed by atoms with Gasteiger partial charge in [-0.25, -0.2) is 9.97 Å². The van der Waals surface area contributed by atoms with Gasteiger partial charge in [0, 0.05) is 11.1 Å². The van der Waals surface area contributed by atoms with Crippen LogP contribution in [0.3, 0.4) is 0 Å². The van der Waals surface area contributed by atoms with Gasteiger partial charge in [0.1, 0.15) is 21.1 Å². The molecule has 0 spiro atoms. The van der Waals surface area contributed by atoms with Gasteiger partial charge in [-0.2, -0.15) is 0 Å². The Kier molecular flexibility index (Phi) is 5.91. The van der Waals surface area contributed by atoms with Crippen molar-refractivity contribution in [1.29, 1.82) is 0 Å². The Morgan fingerprint density at radius 1 is 0.600 bits per heavy atom. The van der Waals surface area contributed by atoms with Gasteiger partial charge >= 0.3 is 0 Å². The highest BCUT2D eigenvalue weighted by atomic mass is 32.1. The van der Waals surface area contributed by atoms with Crippen LogP contribution >= 0.6 is 22.7 Å². The summed E-state index contributed by atoms with van der Waals surface area (Å²) in [5.74, 6) is 11.9. The summed E-state index contributed by atoms with van der Waals surface area (Å²) in [4.78, 5) is 32.7. The van der Waals surface area contributed by atoms with Crippen molar-refractivity contribution >= 4 is 35.2 Å². The maximum absolute atomic E-state index is 11.5. The van der Waals surface area contributed by atoms with Gasteiger partial charge in [-0.05, 0) is 36.1 Å². The quantitative estimate of drug-likeness (QED) is 0.354. The van der Waals surface area contributed by atoms with Crippen LogP contribution in [0, 0.1) is 23.7 Å². The molecular formula is C24H12N2O2S2. The van der Waals surface area contributed by atoms with Crippen LogP contribution in [-0.2, 0) is 0 Å². The fourth-order valence-electron chi connectivity index (χ4n) is 2.49. The number of hydrogen-bond acceptors (Lipinski definition) is 6. The van der Waals surface area contributed by atoms with Gasteiger partial charge in [0.25, 0.3) is 0 Å². The molecule has 0 radical (unpaired) electrons. The van der Waals surface area contributed by atoms with Crippen LogP contribution in [0.4, 0.5) is 0 Å². The van der Waals surface area contributed by atoms with Crippen LogP contribution < -0.4 is 0 Å². The van der Waals surface area contributed by atoms with Crippen LogP contribution in [0.2, 0.25) is 0 Å². The molecule has 6 heteroatoms. The molecule has 2 aromatic heterocycles. The molecule has 0 aliphatic heterocycles. The van der Waals surface area contributed by atoms with Gasteiger partial charge in [-0.1, -0.05) is 48.2 Å². The SMILES string of the molecule is O=Cc1sc(-c2nc(C#Cc3ccccc3)c(C=O)s2)nc1C#Cc1ccccc1. The minimum Gasteiger partial charge on any atom is -0.297 e. The zero-order valence-electron chi connectivity index (χ0n) is 15.5. The summed E-state index contributed by atoms with van der Waals surface area (Å²) in [6.45, 7) is 0. The molecule has 0 atom stereocenters. The molecule has 2 aromatic carbocycles. The average Bonchev–Trinajstić information content (AvgIpc) is 3.41. The summed E-state index contributed by atoms with van der Waals surface area (Å²) in [5.41, 5.74) is 2.46. The number of benzene rings is 2. The molecule has 0 N–H and O–H groups in total. The molecule has 4 rings (SSSR count). The number of aromatic nitrogens is 2. The first-order valence-electron chi connectivity index (χ1n) is 8.83. The summed E-state index contributed by atoms with van der Waals surface area (Å²) in [6.07, 6.45) is 1.47. The van der Waals surface area contributed by atoms with Crippen molar-refractivity contribution in [3.05, 3.63) is 92.9 Å². The number of hydrogen-bond donors (Lipinski definition) is 0. The zero-order valence-corrected chi connectivity index (χ0v) is 17.1. The Bertz CT molecular complexity index is 1230. The number of thiazole rings is 2. The van der Waals surface area contributed by atoms with Crippen LogP contribution in [-0.4, -0.2) is 22.5 Å². The standard InChI is InChI=1S/C24H12N2O2S2/c27-15-21-19(13-11-17-7-3-1-4-8-17)25-23(29-21)24-26-20(22(16-28)30-24)14-12-18-9-5-2-6-10-18/h1-10,15-16H. The highest BCUT2D eigenvalue weighted by Crippen LogP contribution is 2.31. The third-order valence-corrected chi connectivity index (χ3v) is 6.01. The first-order valence-corrected chi connectivity index (χ1v) is 10.5. The Labute approximate surface area is 181 Å². The summed E-state index contributed by atoms with van der Waals surface area (Å²) in [6, 6.07) is 18.9. The van der Waals surface area contributed by atoms with E-state index >= 15 is 0 Å². The smallest absolute Gasteiger partial charge is 0.162 e. The van der Waals surface area contributed by atoms with Crippen molar-refractivity contribution in [2.75, 3.05) is 0 Å². The lowest BCUT2D eigenvalue weighted by atomic mass is 10.2. The van der Waals surface area contributed by atoms with Gasteiger partial charge in [-0.3, -0.25) is 9.59 Å². The third kappa shape index (κ3) is 4.42. The van der Waals surface area contributed by atoms with E-state index in [1.807, 2.05) is 60.7 Å². The van der Waals surface area contributed by atoms with Crippen LogP contribution in [0.5, 0.6) is 0 Å². The molecule has 0 aliphatic carbocycles. The van der Waals surface area contributed by atoms with Crippen LogP contribution in [0.25, 0.3) is 10.0 Å². The largest absolute Gasteiger partial charge is 0.297 e. The number of aldehydes is 2. The molecule has 4 aromatic rings. The Morgan fingerprint density at radius 3 is 1.37 bits per heavy atom. The molecule has 0 bridgehead atoms. The molecule has 0 fully saturated rings. The van der Waals surface area contributed by atoms with E-state index in [2.05, 4.69) is 33.6 Å².